The minimum atomic E-state index is -0.605. The topological polar surface area (TPSA) is 84.2 Å². The van der Waals surface area contributed by atoms with E-state index in [2.05, 4.69) is 10.4 Å². The van der Waals surface area contributed by atoms with Crippen molar-refractivity contribution in [1.82, 2.24) is 15.1 Å². The highest BCUT2D eigenvalue weighted by Crippen LogP contribution is 2.09. The van der Waals surface area contributed by atoms with Gasteiger partial charge in [0, 0.05) is 18.7 Å². The fourth-order valence-corrected chi connectivity index (χ4v) is 2.12. The van der Waals surface area contributed by atoms with Crippen LogP contribution in [0.1, 0.15) is 30.3 Å². The molecular weight excluding hydrogens is 301 g/mol. The van der Waals surface area contributed by atoms with Gasteiger partial charge in [-0.25, -0.2) is 4.39 Å². The molecule has 2 rings (SSSR count). The van der Waals surface area contributed by atoms with Crippen molar-refractivity contribution in [3.63, 3.8) is 0 Å². The van der Waals surface area contributed by atoms with Crippen LogP contribution >= 0.6 is 0 Å². The van der Waals surface area contributed by atoms with Crippen LogP contribution in [0.2, 0.25) is 0 Å². The number of aliphatic hydroxyl groups excluding tert-OH is 1. The molecule has 1 aromatic heterocycles. The van der Waals surface area contributed by atoms with Crippen molar-refractivity contribution >= 4 is 5.91 Å². The Hall–Kier alpha value is -2.54. The van der Waals surface area contributed by atoms with E-state index in [0.717, 1.165) is 4.68 Å². The first kappa shape index (κ1) is 16.8. The number of carbonyl (C=O) groups is 1. The summed E-state index contributed by atoms with van der Waals surface area (Å²) in [5, 5.41) is 15.6. The zero-order valence-electron chi connectivity index (χ0n) is 12.7. The molecule has 0 fully saturated rings. The molecule has 0 radical (unpaired) electrons. The summed E-state index contributed by atoms with van der Waals surface area (Å²) in [6, 6.07) is 7.97. The van der Waals surface area contributed by atoms with E-state index in [4.69, 9.17) is 5.11 Å². The Labute approximate surface area is 132 Å². The number of hydrogen-bond donors (Lipinski definition) is 2. The summed E-state index contributed by atoms with van der Waals surface area (Å²) in [5.41, 5.74) is -0.548. The van der Waals surface area contributed by atoms with E-state index in [-0.39, 0.29) is 24.0 Å². The van der Waals surface area contributed by atoms with Crippen molar-refractivity contribution in [2.75, 3.05) is 6.61 Å². The Kier molecular flexibility index (Phi) is 5.59. The molecule has 1 unspecified atom stereocenters. The van der Waals surface area contributed by atoms with Gasteiger partial charge in [-0.15, -0.1) is 0 Å². The molecule has 0 saturated carbocycles. The first-order valence-corrected chi connectivity index (χ1v) is 7.33. The number of rotatable bonds is 6. The number of amides is 1. The number of halogens is 1. The molecule has 0 spiro atoms. The molecular formula is C16H18FN3O3. The number of aromatic nitrogens is 2. The lowest BCUT2D eigenvalue weighted by Crippen LogP contribution is -2.36. The number of hydrogen-bond acceptors (Lipinski definition) is 4. The Balaban J connectivity index is 2.32. The number of para-hydroxylation sites is 1. The maximum Gasteiger partial charge on any atom is 0.271 e. The van der Waals surface area contributed by atoms with Gasteiger partial charge in [0.2, 0.25) is 0 Å². The normalized spacial score (nSPS) is 12.0. The molecule has 1 atom stereocenters. The highest BCUT2D eigenvalue weighted by Gasteiger charge is 2.15. The summed E-state index contributed by atoms with van der Waals surface area (Å²) in [5.74, 6) is -1.08. The molecule has 2 aromatic rings. The van der Waals surface area contributed by atoms with Gasteiger partial charge in [-0.05, 0) is 31.0 Å². The van der Waals surface area contributed by atoms with Crippen LogP contribution in [0.5, 0.6) is 0 Å². The molecule has 7 heteroatoms. The van der Waals surface area contributed by atoms with Crippen molar-refractivity contribution in [3.05, 3.63) is 58.3 Å². The van der Waals surface area contributed by atoms with Crippen molar-refractivity contribution in [1.29, 1.82) is 0 Å². The zero-order chi connectivity index (χ0) is 16.8. The van der Waals surface area contributed by atoms with Crippen LogP contribution in [0, 0.1) is 5.82 Å². The molecule has 2 N–H and O–H groups in total. The van der Waals surface area contributed by atoms with Gasteiger partial charge in [0.15, 0.2) is 0 Å². The van der Waals surface area contributed by atoms with E-state index < -0.39 is 17.3 Å². The summed E-state index contributed by atoms with van der Waals surface area (Å²) < 4.78 is 14.7. The van der Waals surface area contributed by atoms with Crippen LogP contribution in [0.4, 0.5) is 4.39 Å². The van der Waals surface area contributed by atoms with Gasteiger partial charge >= 0.3 is 0 Å². The van der Waals surface area contributed by atoms with Gasteiger partial charge in [0.1, 0.15) is 17.2 Å². The van der Waals surface area contributed by atoms with Crippen LogP contribution in [0.3, 0.4) is 0 Å². The Morgan fingerprint density at radius 1 is 1.35 bits per heavy atom. The number of nitrogens with zero attached hydrogens (tertiary/aromatic N) is 2. The third-order valence-electron chi connectivity index (χ3n) is 3.42. The third kappa shape index (κ3) is 4.01. The molecule has 0 saturated heterocycles. The van der Waals surface area contributed by atoms with E-state index >= 15 is 0 Å². The predicted molar refractivity (Wildman–Crippen MR) is 83.0 cm³/mol. The summed E-state index contributed by atoms with van der Waals surface area (Å²) in [4.78, 5) is 24.1. The van der Waals surface area contributed by atoms with Gasteiger partial charge in [-0.3, -0.25) is 9.59 Å². The van der Waals surface area contributed by atoms with Crippen molar-refractivity contribution in [3.8, 4) is 5.69 Å². The van der Waals surface area contributed by atoms with Crippen molar-refractivity contribution in [2.24, 2.45) is 0 Å². The standard InChI is InChI=1S/C16H18FN3O3/c1-2-11(9-10-21)18-16(23)13-7-8-15(22)20(19-13)14-6-4-3-5-12(14)17/h3-8,11,21H,2,9-10H2,1H3,(H,18,23). The Morgan fingerprint density at radius 3 is 2.74 bits per heavy atom. The molecule has 0 bridgehead atoms. The summed E-state index contributed by atoms with van der Waals surface area (Å²) in [6.07, 6.45) is 1.08. The number of aliphatic hydroxyl groups is 1. The fraction of sp³-hybridized carbons (Fsp3) is 0.312. The largest absolute Gasteiger partial charge is 0.396 e. The van der Waals surface area contributed by atoms with Crippen molar-refractivity contribution < 1.29 is 14.3 Å². The van der Waals surface area contributed by atoms with E-state index in [1.54, 1.807) is 6.07 Å². The third-order valence-corrected chi connectivity index (χ3v) is 3.42. The molecule has 23 heavy (non-hydrogen) atoms. The van der Waals surface area contributed by atoms with Gasteiger partial charge in [-0.2, -0.15) is 9.78 Å². The SMILES string of the molecule is CCC(CCO)NC(=O)c1ccc(=O)n(-c2ccccc2F)n1. The Bertz CT molecular complexity index is 745. The van der Waals surface area contributed by atoms with Crippen LogP contribution in [0.25, 0.3) is 5.69 Å². The highest BCUT2D eigenvalue weighted by molar-refractivity contribution is 5.92. The van der Waals surface area contributed by atoms with Crippen LogP contribution in [0.15, 0.2) is 41.2 Å². The van der Waals surface area contributed by atoms with Gasteiger partial charge < -0.3 is 10.4 Å². The number of benzene rings is 1. The van der Waals surface area contributed by atoms with E-state index in [9.17, 15) is 14.0 Å². The van der Waals surface area contributed by atoms with Gasteiger partial charge in [0.25, 0.3) is 11.5 Å². The number of nitrogens with one attached hydrogen (secondary N) is 1. The minimum absolute atomic E-state index is 0.00393. The lowest BCUT2D eigenvalue weighted by molar-refractivity contribution is 0.0922. The highest BCUT2D eigenvalue weighted by atomic mass is 19.1. The first-order chi connectivity index (χ1) is 11.1. The number of carbonyl (C=O) groups excluding carboxylic acids is 1. The second-order valence-corrected chi connectivity index (χ2v) is 5.01. The maximum atomic E-state index is 13.8. The average molecular weight is 319 g/mol. The fourth-order valence-electron chi connectivity index (χ4n) is 2.12. The predicted octanol–water partition coefficient (Wildman–Crippen LogP) is 1.26. The molecule has 1 heterocycles. The van der Waals surface area contributed by atoms with Crippen molar-refractivity contribution in [2.45, 2.75) is 25.8 Å². The first-order valence-electron chi connectivity index (χ1n) is 7.33. The molecule has 0 aliphatic carbocycles. The molecule has 1 aromatic carbocycles. The zero-order valence-corrected chi connectivity index (χ0v) is 12.7. The summed E-state index contributed by atoms with van der Waals surface area (Å²) in [7, 11) is 0. The quantitative estimate of drug-likeness (QED) is 0.839. The molecule has 1 amide bonds. The lowest BCUT2D eigenvalue weighted by atomic mass is 10.1. The summed E-state index contributed by atoms with van der Waals surface area (Å²) in [6.45, 7) is 1.84. The molecule has 122 valence electrons. The monoisotopic (exact) mass is 319 g/mol. The summed E-state index contributed by atoms with van der Waals surface area (Å²) >= 11 is 0. The molecule has 6 nitrogen and oxygen atoms in total. The maximum absolute atomic E-state index is 13.8. The van der Waals surface area contributed by atoms with Gasteiger partial charge in [0.05, 0.1) is 0 Å². The minimum Gasteiger partial charge on any atom is -0.396 e. The van der Waals surface area contributed by atoms with Crippen LogP contribution in [-0.4, -0.2) is 33.4 Å². The molecule has 0 aliphatic heterocycles. The average Bonchev–Trinajstić information content (AvgIpc) is 2.55. The van der Waals surface area contributed by atoms with E-state index in [1.165, 1.54) is 30.3 Å². The van der Waals surface area contributed by atoms with Crippen LogP contribution in [-0.2, 0) is 0 Å². The van der Waals surface area contributed by atoms with Gasteiger partial charge in [-0.1, -0.05) is 19.1 Å². The van der Waals surface area contributed by atoms with E-state index in [0.29, 0.717) is 12.8 Å². The van der Waals surface area contributed by atoms with Crippen LogP contribution < -0.4 is 10.9 Å². The smallest absolute Gasteiger partial charge is 0.271 e. The second-order valence-electron chi connectivity index (χ2n) is 5.01. The Morgan fingerprint density at radius 2 is 2.09 bits per heavy atom. The molecule has 0 aliphatic rings. The van der Waals surface area contributed by atoms with E-state index in [1.807, 2.05) is 6.92 Å². The lowest BCUT2D eigenvalue weighted by Gasteiger charge is -2.15. The second kappa shape index (κ2) is 7.64.